The Morgan fingerprint density at radius 3 is 2.75 bits per heavy atom. The summed E-state index contributed by atoms with van der Waals surface area (Å²) < 4.78 is 0.832. The van der Waals surface area contributed by atoms with E-state index < -0.39 is 0 Å². The molecule has 0 saturated heterocycles. The summed E-state index contributed by atoms with van der Waals surface area (Å²) in [6.07, 6.45) is 4.13. The van der Waals surface area contributed by atoms with Gasteiger partial charge in [0, 0.05) is 6.04 Å². The topological polar surface area (TPSA) is 24.9 Å². The van der Waals surface area contributed by atoms with Crippen LogP contribution in [0.25, 0.3) is 0 Å². The van der Waals surface area contributed by atoms with Crippen LogP contribution in [-0.2, 0) is 0 Å². The highest BCUT2D eigenvalue weighted by atomic mass is 79.9. The van der Waals surface area contributed by atoms with E-state index in [4.69, 9.17) is 11.6 Å². The molecule has 0 unspecified atom stereocenters. The number of halogens is 2. The van der Waals surface area contributed by atoms with E-state index in [1.807, 2.05) is 6.07 Å². The maximum Gasteiger partial charge on any atom is 0.143 e. The third-order valence-electron chi connectivity index (χ3n) is 3.93. The molecule has 2 aromatic rings. The summed E-state index contributed by atoms with van der Waals surface area (Å²) >= 11 is 9.30. The van der Waals surface area contributed by atoms with Crippen molar-refractivity contribution in [2.24, 2.45) is 0 Å². The summed E-state index contributed by atoms with van der Waals surface area (Å²) in [4.78, 5) is 4.14. The van der Waals surface area contributed by atoms with Crippen molar-refractivity contribution < 1.29 is 0 Å². The second kappa shape index (κ2) is 5.74. The first-order valence-electron chi connectivity index (χ1n) is 6.76. The predicted molar refractivity (Wildman–Crippen MR) is 87.5 cm³/mol. The van der Waals surface area contributed by atoms with Gasteiger partial charge in [-0.15, -0.1) is 0 Å². The van der Waals surface area contributed by atoms with Crippen molar-refractivity contribution in [2.75, 3.05) is 5.32 Å². The number of nitrogens with one attached hydrogen (secondary N) is 1. The smallest absolute Gasteiger partial charge is 0.143 e. The quantitative estimate of drug-likeness (QED) is 0.772. The van der Waals surface area contributed by atoms with Gasteiger partial charge in [-0.2, -0.15) is 0 Å². The summed E-state index contributed by atoms with van der Waals surface area (Å²) in [5.74, 6) is 0.678. The zero-order valence-corrected chi connectivity index (χ0v) is 13.6. The number of hydrogen-bond acceptors (Lipinski definition) is 2. The first kappa shape index (κ1) is 13.9. The van der Waals surface area contributed by atoms with Gasteiger partial charge in [-0.1, -0.05) is 35.9 Å². The van der Waals surface area contributed by atoms with Crippen LogP contribution in [0.5, 0.6) is 0 Å². The van der Waals surface area contributed by atoms with Crippen LogP contribution in [-0.4, -0.2) is 11.0 Å². The lowest BCUT2D eigenvalue weighted by Gasteiger charge is -2.37. The predicted octanol–water partition coefficient (Wildman–Crippen LogP) is 5.16. The molecule has 1 saturated carbocycles. The minimum absolute atomic E-state index is 0.502. The van der Waals surface area contributed by atoms with Crippen LogP contribution < -0.4 is 5.32 Å². The third-order valence-corrected chi connectivity index (χ3v) is 5.07. The van der Waals surface area contributed by atoms with Crippen molar-refractivity contribution >= 4 is 33.2 Å². The Bertz CT molecular complexity index is 624. The maximum atomic E-state index is 5.90. The van der Waals surface area contributed by atoms with Crippen molar-refractivity contribution in [2.45, 2.75) is 31.7 Å². The van der Waals surface area contributed by atoms with Gasteiger partial charge in [0.15, 0.2) is 0 Å². The summed E-state index contributed by atoms with van der Waals surface area (Å²) in [5.41, 5.74) is 3.90. The van der Waals surface area contributed by atoms with Crippen LogP contribution >= 0.6 is 27.5 Å². The van der Waals surface area contributed by atoms with Crippen LogP contribution in [0.1, 0.15) is 29.9 Å². The Morgan fingerprint density at radius 1 is 1.30 bits per heavy atom. The molecule has 0 aliphatic heterocycles. The number of benzene rings is 1. The molecule has 3 rings (SSSR count). The highest BCUT2D eigenvalue weighted by Crippen LogP contribution is 2.40. The van der Waals surface area contributed by atoms with Crippen molar-refractivity contribution in [1.82, 2.24) is 4.98 Å². The fourth-order valence-electron chi connectivity index (χ4n) is 2.77. The van der Waals surface area contributed by atoms with E-state index in [0.29, 0.717) is 17.1 Å². The second-order valence-electron chi connectivity index (χ2n) is 5.36. The van der Waals surface area contributed by atoms with Gasteiger partial charge in [0.25, 0.3) is 0 Å². The van der Waals surface area contributed by atoms with Gasteiger partial charge < -0.3 is 5.32 Å². The molecule has 4 heteroatoms. The summed E-state index contributed by atoms with van der Waals surface area (Å²) in [7, 11) is 0. The molecule has 1 aliphatic rings. The number of anilines is 1. The van der Waals surface area contributed by atoms with E-state index in [2.05, 4.69) is 57.4 Å². The van der Waals surface area contributed by atoms with E-state index >= 15 is 0 Å². The molecule has 0 atom stereocenters. The first-order valence-corrected chi connectivity index (χ1v) is 7.93. The molecule has 1 aliphatic carbocycles. The number of aromatic nitrogens is 1. The highest BCUT2D eigenvalue weighted by Gasteiger charge is 2.30. The van der Waals surface area contributed by atoms with Gasteiger partial charge in [-0.05, 0) is 58.8 Å². The summed E-state index contributed by atoms with van der Waals surface area (Å²) in [6, 6.07) is 11.2. The van der Waals surface area contributed by atoms with E-state index in [-0.39, 0.29) is 0 Å². The lowest BCUT2D eigenvalue weighted by atomic mass is 9.74. The van der Waals surface area contributed by atoms with E-state index in [9.17, 15) is 0 Å². The van der Waals surface area contributed by atoms with Gasteiger partial charge in [0.05, 0.1) is 16.4 Å². The van der Waals surface area contributed by atoms with Crippen molar-refractivity contribution in [3.8, 4) is 0 Å². The van der Waals surface area contributed by atoms with Gasteiger partial charge in [0.2, 0.25) is 0 Å². The Balaban J connectivity index is 1.61. The zero-order chi connectivity index (χ0) is 14.1. The molecule has 0 spiro atoms. The minimum Gasteiger partial charge on any atom is -0.381 e. The van der Waals surface area contributed by atoms with Crippen molar-refractivity contribution in [1.29, 1.82) is 0 Å². The SMILES string of the molecule is Cc1ccccc1C1CC(Nc2cnc(Cl)c(Br)c2)C1. The number of nitrogens with zero attached hydrogens (tertiary/aromatic N) is 1. The van der Waals surface area contributed by atoms with E-state index in [0.717, 1.165) is 10.2 Å². The second-order valence-corrected chi connectivity index (χ2v) is 6.58. The van der Waals surface area contributed by atoms with Crippen LogP contribution in [0.15, 0.2) is 41.0 Å². The molecule has 0 radical (unpaired) electrons. The average molecular weight is 352 g/mol. The Kier molecular flexibility index (Phi) is 3.99. The highest BCUT2D eigenvalue weighted by molar-refractivity contribution is 9.10. The Labute approximate surface area is 132 Å². The van der Waals surface area contributed by atoms with Gasteiger partial charge in [-0.3, -0.25) is 0 Å². The fourth-order valence-corrected chi connectivity index (χ4v) is 3.22. The molecule has 1 aromatic carbocycles. The molecule has 1 N–H and O–H groups in total. The van der Waals surface area contributed by atoms with Crippen LogP contribution in [0.3, 0.4) is 0 Å². The molecular weight excluding hydrogens is 336 g/mol. The van der Waals surface area contributed by atoms with Gasteiger partial charge in [-0.25, -0.2) is 4.98 Å². The molecule has 1 fully saturated rings. The summed E-state index contributed by atoms with van der Waals surface area (Å²) in [6.45, 7) is 2.19. The average Bonchev–Trinajstić information content (AvgIpc) is 2.39. The number of pyridine rings is 1. The molecule has 0 bridgehead atoms. The zero-order valence-electron chi connectivity index (χ0n) is 11.2. The largest absolute Gasteiger partial charge is 0.381 e. The molecule has 1 aromatic heterocycles. The third kappa shape index (κ3) is 2.84. The first-order chi connectivity index (χ1) is 9.63. The van der Waals surface area contributed by atoms with Crippen molar-refractivity contribution in [3.63, 3.8) is 0 Å². The molecule has 0 amide bonds. The number of hydrogen-bond donors (Lipinski definition) is 1. The standard InChI is InChI=1S/C16H16BrClN2/c1-10-4-2-3-5-14(10)11-6-12(7-11)20-13-8-15(17)16(18)19-9-13/h2-5,8-9,11-12,20H,6-7H2,1H3. The number of aryl methyl sites for hydroxylation is 1. The molecule has 20 heavy (non-hydrogen) atoms. The lowest BCUT2D eigenvalue weighted by molar-refractivity contribution is 0.373. The molecule has 1 heterocycles. The Morgan fingerprint density at radius 2 is 2.05 bits per heavy atom. The normalized spacial score (nSPS) is 21.4. The fraction of sp³-hybridized carbons (Fsp3) is 0.312. The van der Waals surface area contributed by atoms with Crippen LogP contribution in [0.2, 0.25) is 5.15 Å². The van der Waals surface area contributed by atoms with Crippen LogP contribution in [0, 0.1) is 6.92 Å². The lowest BCUT2D eigenvalue weighted by Crippen LogP contribution is -2.34. The Hall–Kier alpha value is -1.06. The van der Waals surface area contributed by atoms with E-state index in [1.54, 1.807) is 6.20 Å². The van der Waals surface area contributed by atoms with Crippen molar-refractivity contribution in [3.05, 3.63) is 57.3 Å². The molecule has 2 nitrogen and oxygen atoms in total. The van der Waals surface area contributed by atoms with E-state index in [1.165, 1.54) is 24.0 Å². The van der Waals surface area contributed by atoms with Gasteiger partial charge in [0.1, 0.15) is 5.15 Å². The molecule has 104 valence electrons. The maximum absolute atomic E-state index is 5.90. The summed E-state index contributed by atoms with van der Waals surface area (Å²) in [5, 5.41) is 4.02. The molecular formula is C16H16BrClN2. The van der Waals surface area contributed by atoms with Gasteiger partial charge >= 0.3 is 0 Å². The number of rotatable bonds is 3. The monoisotopic (exact) mass is 350 g/mol. The van der Waals surface area contributed by atoms with Crippen LogP contribution in [0.4, 0.5) is 5.69 Å². The minimum atomic E-state index is 0.502.